The van der Waals surface area contributed by atoms with Crippen molar-refractivity contribution in [1.29, 1.82) is 0 Å². The van der Waals surface area contributed by atoms with E-state index in [2.05, 4.69) is 20.4 Å². The molecule has 6 nitrogen and oxygen atoms in total. The Hall–Kier alpha value is -3.42. The molecule has 1 aliphatic rings. The zero-order chi connectivity index (χ0) is 18.3. The molecule has 0 radical (unpaired) electrons. The van der Waals surface area contributed by atoms with Crippen molar-refractivity contribution in [3.05, 3.63) is 76.9 Å². The number of carbonyl (C=O) groups is 1. The fourth-order valence-electron chi connectivity index (χ4n) is 2.87. The molecule has 26 heavy (non-hydrogen) atoms. The third-order valence-corrected chi connectivity index (χ3v) is 4.11. The van der Waals surface area contributed by atoms with Crippen molar-refractivity contribution in [2.75, 3.05) is 7.05 Å². The van der Waals surface area contributed by atoms with Crippen LogP contribution in [0.5, 0.6) is 0 Å². The van der Waals surface area contributed by atoms with E-state index in [1.165, 1.54) is 24.0 Å². The first-order chi connectivity index (χ1) is 12.6. The summed E-state index contributed by atoms with van der Waals surface area (Å²) in [5.41, 5.74) is 1.07. The Labute approximate surface area is 147 Å². The van der Waals surface area contributed by atoms with Crippen LogP contribution >= 0.6 is 0 Å². The lowest BCUT2D eigenvalue weighted by Gasteiger charge is -2.13. The normalized spacial score (nSPS) is 15.1. The molecule has 0 aliphatic carbocycles. The lowest BCUT2D eigenvalue weighted by atomic mass is 10.1. The molecule has 2 aromatic carbocycles. The number of aliphatic imine (C=N–C) groups is 1. The van der Waals surface area contributed by atoms with E-state index >= 15 is 0 Å². The van der Waals surface area contributed by atoms with Gasteiger partial charge in [-0.25, -0.2) is 18.4 Å². The molecule has 0 spiro atoms. The smallest absolute Gasteiger partial charge is 0.290 e. The number of benzene rings is 2. The third-order valence-electron chi connectivity index (χ3n) is 4.11. The van der Waals surface area contributed by atoms with Crippen LogP contribution in [0.15, 0.2) is 47.5 Å². The summed E-state index contributed by atoms with van der Waals surface area (Å²) in [5, 5.41) is 6.67. The van der Waals surface area contributed by atoms with Gasteiger partial charge < -0.3 is 5.32 Å². The van der Waals surface area contributed by atoms with Crippen LogP contribution in [-0.2, 0) is 0 Å². The van der Waals surface area contributed by atoms with Gasteiger partial charge in [0.1, 0.15) is 17.7 Å². The number of nitrogens with one attached hydrogen (secondary N) is 1. The number of halogens is 2. The zero-order valence-electron chi connectivity index (χ0n) is 13.6. The first-order valence-corrected chi connectivity index (χ1v) is 7.85. The van der Waals surface area contributed by atoms with Crippen molar-refractivity contribution in [2.24, 2.45) is 4.99 Å². The number of nitrogens with zero attached hydrogens (tertiary/aromatic N) is 4. The Kier molecular flexibility index (Phi) is 3.80. The van der Waals surface area contributed by atoms with Gasteiger partial charge in [0.15, 0.2) is 5.82 Å². The molecule has 1 aliphatic heterocycles. The van der Waals surface area contributed by atoms with Gasteiger partial charge in [0.25, 0.3) is 5.91 Å². The van der Waals surface area contributed by atoms with E-state index in [1.807, 2.05) is 6.07 Å². The molecular weight excluding hydrogens is 340 g/mol. The molecule has 1 N–H and O–H groups in total. The minimum absolute atomic E-state index is 0.101. The molecular formula is C18H13F2N5O. The monoisotopic (exact) mass is 353 g/mol. The SMILES string of the molecule is CNC(=O)c1nc2n(n1)-c1ccccc1C=NC2c1c(F)cccc1F. The highest BCUT2D eigenvalue weighted by Crippen LogP contribution is 2.33. The summed E-state index contributed by atoms with van der Waals surface area (Å²) < 4.78 is 30.1. The molecule has 0 bridgehead atoms. The Bertz CT molecular complexity index is 1020. The zero-order valence-corrected chi connectivity index (χ0v) is 13.6. The minimum atomic E-state index is -1.07. The largest absolute Gasteiger partial charge is 0.352 e. The van der Waals surface area contributed by atoms with E-state index in [0.29, 0.717) is 11.3 Å². The number of rotatable bonds is 2. The van der Waals surface area contributed by atoms with Crippen molar-refractivity contribution < 1.29 is 13.6 Å². The maximum atomic E-state index is 14.4. The predicted molar refractivity (Wildman–Crippen MR) is 90.5 cm³/mol. The van der Waals surface area contributed by atoms with E-state index < -0.39 is 23.6 Å². The van der Waals surface area contributed by atoms with Gasteiger partial charge in [0.2, 0.25) is 5.82 Å². The summed E-state index contributed by atoms with van der Waals surface area (Å²) >= 11 is 0. The molecule has 4 rings (SSSR count). The highest BCUT2D eigenvalue weighted by molar-refractivity contribution is 5.90. The first-order valence-electron chi connectivity index (χ1n) is 7.85. The first kappa shape index (κ1) is 16.1. The summed E-state index contributed by atoms with van der Waals surface area (Å²) in [6.45, 7) is 0. The van der Waals surface area contributed by atoms with Crippen LogP contribution < -0.4 is 5.32 Å². The summed E-state index contributed by atoms with van der Waals surface area (Å²) in [6, 6.07) is 9.70. The maximum Gasteiger partial charge on any atom is 0.290 e. The summed E-state index contributed by atoms with van der Waals surface area (Å²) in [6.07, 6.45) is 1.53. The molecule has 0 saturated carbocycles. The van der Waals surface area contributed by atoms with Gasteiger partial charge in [0.05, 0.1) is 11.3 Å². The third kappa shape index (κ3) is 2.46. The molecule has 1 aromatic heterocycles. The molecule has 130 valence electrons. The number of fused-ring (bicyclic) bond motifs is 3. The second kappa shape index (κ2) is 6.14. The average Bonchev–Trinajstić information content (AvgIpc) is 3.02. The quantitative estimate of drug-likeness (QED) is 0.769. The molecule has 1 atom stereocenters. The molecule has 3 aromatic rings. The number of carbonyl (C=O) groups excluding carboxylic acids is 1. The van der Waals surface area contributed by atoms with Crippen LogP contribution in [0.2, 0.25) is 0 Å². The van der Waals surface area contributed by atoms with Crippen LogP contribution in [0.3, 0.4) is 0 Å². The van der Waals surface area contributed by atoms with Crippen LogP contribution in [0.1, 0.15) is 33.6 Å². The summed E-state index contributed by atoms with van der Waals surface area (Å²) in [5.74, 6) is -1.92. The summed E-state index contributed by atoms with van der Waals surface area (Å²) in [7, 11) is 1.45. The average molecular weight is 353 g/mol. The van der Waals surface area contributed by atoms with Gasteiger partial charge >= 0.3 is 0 Å². The predicted octanol–water partition coefficient (Wildman–Crippen LogP) is 2.43. The van der Waals surface area contributed by atoms with Gasteiger partial charge in [-0.2, -0.15) is 0 Å². The Morgan fingerprint density at radius 3 is 2.58 bits per heavy atom. The van der Waals surface area contributed by atoms with Crippen LogP contribution in [0.4, 0.5) is 8.78 Å². The maximum absolute atomic E-state index is 14.4. The van der Waals surface area contributed by atoms with Crippen LogP contribution in [-0.4, -0.2) is 33.9 Å². The lowest BCUT2D eigenvalue weighted by Crippen LogP contribution is -2.19. The van der Waals surface area contributed by atoms with Crippen molar-refractivity contribution in [2.45, 2.75) is 6.04 Å². The van der Waals surface area contributed by atoms with Crippen molar-refractivity contribution in [3.8, 4) is 5.69 Å². The molecule has 1 unspecified atom stereocenters. The number of hydrogen-bond donors (Lipinski definition) is 1. The molecule has 0 saturated heterocycles. The number of para-hydroxylation sites is 1. The Morgan fingerprint density at radius 1 is 1.12 bits per heavy atom. The van der Waals surface area contributed by atoms with Gasteiger partial charge in [-0.05, 0) is 18.2 Å². The Balaban J connectivity index is 1.99. The highest BCUT2D eigenvalue weighted by Gasteiger charge is 2.30. The van der Waals surface area contributed by atoms with Crippen LogP contribution in [0.25, 0.3) is 5.69 Å². The number of hydrogen-bond acceptors (Lipinski definition) is 4. The molecule has 8 heteroatoms. The lowest BCUT2D eigenvalue weighted by molar-refractivity contribution is 0.0953. The van der Waals surface area contributed by atoms with E-state index in [9.17, 15) is 13.6 Å². The Morgan fingerprint density at radius 2 is 1.85 bits per heavy atom. The topological polar surface area (TPSA) is 72.2 Å². The fraction of sp³-hybridized carbons (Fsp3) is 0.111. The highest BCUT2D eigenvalue weighted by atomic mass is 19.1. The van der Waals surface area contributed by atoms with Gasteiger partial charge in [-0.15, -0.1) is 5.10 Å². The van der Waals surface area contributed by atoms with Crippen molar-refractivity contribution in [3.63, 3.8) is 0 Å². The second-order valence-electron chi connectivity index (χ2n) is 5.66. The number of aromatic nitrogens is 3. The summed E-state index contributed by atoms with van der Waals surface area (Å²) in [4.78, 5) is 20.5. The fourth-order valence-corrected chi connectivity index (χ4v) is 2.87. The van der Waals surface area contributed by atoms with Crippen molar-refractivity contribution >= 4 is 12.1 Å². The van der Waals surface area contributed by atoms with E-state index in [4.69, 9.17) is 0 Å². The number of amides is 1. The molecule has 0 fully saturated rings. The van der Waals surface area contributed by atoms with Gasteiger partial charge in [-0.3, -0.25) is 9.79 Å². The minimum Gasteiger partial charge on any atom is -0.352 e. The van der Waals surface area contributed by atoms with Crippen molar-refractivity contribution in [1.82, 2.24) is 20.1 Å². The van der Waals surface area contributed by atoms with Gasteiger partial charge in [-0.1, -0.05) is 24.3 Å². The molecule has 2 heterocycles. The standard InChI is InChI=1S/C18H13F2N5O/c1-21-18(26)16-23-17-15(14-11(19)6-4-7-12(14)20)22-9-10-5-2-3-8-13(10)25(17)24-16/h2-9,15H,1H3,(H,21,26). The second-order valence-corrected chi connectivity index (χ2v) is 5.66. The van der Waals surface area contributed by atoms with Crippen LogP contribution in [0, 0.1) is 11.6 Å². The van der Waals surface area contributed by atoms with E-state index in [-0.39, 0.29) is 17.2 Å². The van der Waals surface area contributed by atoms with E-state index in [1.54, 1.807) is 18.2 Å². The van der Waals surface area contributed by atoms with E-state index in [0.717, 1.165) is 12.1 Å². The molecule has 1 amide bonds. The van der Waals surface area contributed by atoms with Gasteiger partial charge in [0, 0.05) is 18.8 Å².